The van der Waals surface area contributed by atoms with Gasteiger partial charge in [0.1, 0.15) is 5.82 Å². The topological polar surface area (TPSA) is 46.2 Å². The Labute approximate surface area is 87.4 Å². The normalized spacial score (nSPS) is 14.2. The summed E-state index contributed by atoms with van der Waals surface area (Å²) in [5, 5.41) is 2.40. The Morgan fingerprint density at radius 3 is 2.71 bits per heavy atom. The van der Waals surface area contributed by atoms with Crippen LogP contribution in [0.1, 0.15) is 15.9 Å². The molecule has 1 heterocycles. The van der Waals surface area contributed by atoms with Gasteiger partial charge in [0.2, 0.25) is 0 Å². The molecule has 0 spiro atoms. The van der Waals surface area contributed by atoms with Crippen LogP contribution in [0.4, 0.5) is 10.1 Å². The first-order valence-corrected chi connectivity index (χ1v) is 4.66. The summed E-state index contributed by atoms with van der Waals surface area (Å²) in [6.45, 7) is 1.63. The smallest absolute Gasteiger partial charge is 0.296 e. The lowest BCUT2D eigenvalue weighted by molar-refractivity contribution is -0.112. The molecular formula is C9H5BrFNO2. The summed E-state index contributed by atoms with van der Waals surface area (Å²) in [7, 11) is 0. The van der Waals surface area contributed by atoms with Gasteiger partial charge < -0.3 is 5.32 Å². The fourth-order valence-electron chi connectivity index (χ4n) is 1.41. The van der Waals surface area contributed by atoms with Crippen molar-refractivity contribution in [1.29, 1.82) is 0 Å². The zero-order chi connectivity index (χ0) is 10.5. The summed E-state index contributed by atoms with van der Waals surface area (Å²) in [4.78, 5) is 22.4. The van der Waals surface area contributed by atoms with Crippen molar-refractivity contribution < 1.29 is 14.0 Å². The number of carbonyl (C=O) groups excluding carboxylic acids is 2. The van der Waals surface area contributed by atoms with E-state index in [0.29, 0.717) is 11.3 Å². The molecule has 0 saturated carbocycles. The number of rotatable bonds is 0. The molecule has 1 amide bonds. The first kappa shape index (κ1) is 9.33. The molecule has 0 unspecified atom stereocenters. The van der Waals surface area contributed by atoms with Crippen LogP contribution in [-0.4, -0.2) is 11.7 Å². The molecule has 3 nitrogen and oxygen atoms in total. The van der Waals surface area contributed by atoms with Gasteiger partial charge in [-0.3, -0.25) is 9.59 Å². The van der Waals surface area contributed by atoms with Crippen LogP contribution in [0.3, 0.4) is 0 Å². The van der Waals surface area contributed by atoms with Crippen molar-refractivity contribution in [2.24, 2.45) is 0 Å². The van der Waals surface area contributed by atoms with Crippen molar-refractivity contribution in [2.75, 3.05) is 5.32 Å². The molecule has 1 N–H and O–H groups in total. The Hall–Kier alpha value is -1.23. The van der Waals surface area contributed by atoms with E-state index >= 15 is 0 Å². The van der Waals surface area contributed by atoms with E-state index in [1.54, 1.807) is 6.92 Å². The molecule has 0 aromatic heterocycles. The van der Waals surface area contributed by atoms with E-state index in [1.165, 1.54) is 6.07 Å². The van der Waals surface area contributed by atoms with Crippen LogP contribution in [0.5, 0.6) is 0 Å². The number of benzene rings is 1. The van der Waals surface area contributed by atoms with Gasteiger partial charge in [0.15, 0.2) is 0 Å². The Balaban J connectivity index is 2.80. The van der Waals surface area contributed by atoms with Crippen LogP contribution in [0.15, 0.2) is 10.5 Å². The van der Waals surface area contributed by atoms with Crippen LogP contribution in [-0.2, 0) is 4.79 Å². The van der Waals surface area contributed by atoms with Gasteiger partial charge in [0.05, 0.1) is 15.7 Å². The Kier molecular flexibility index (Phi) is 1.92. The minimum atomic E-state index is -0.714. The zero-order valence-corrected chi connectivity index (χ0v) is 8.74. The van der Waals surface area contributed by atoms with Gasteiger partial charge in [0.25, 0.3) is 11.7 Å². The number of Topliss-reactive ketones (excluding diaryl/α,β-unsaturated/α-hetero) is 1. The number of fused-ring (bicyclic) bond motifs is 1. The second kappa shape index (κ2) is 2.88. The van der Waals surface area contributed by atoms with Crippen LogP contribution in [0, 0.1) is 12.7 Å². The minimum absolute atomic E-state index is 0.0430. The maximum atomic E-state index is 13.2. The first-order chi connectivity index (χ1) is 6.52. The van der Waals surface area contributed by atoms with Crippen LogP contribution >= 0.6 is 15.9 Å². The van der Waals surface area contributed by atoms with E-state index in [2.05, 4.69) is 21.2 Å². The molecule has 72 valence electrons. The lowest BCUT2D eigenvalue weighted by atomic mass is 10.1. The first-order valence-electron chi connectivity index (χ1n) is 3.86. The average molecular weight is 258 g/mol. The molecule has 2 rings (SSSR count). The molecule has 0 bridgehead atoms. The van der Waals surface area contributed by atoms with E-state index in [-0.39, 0.29) is 10.0 Å². The van der Waals surface area contributed by atoms with Crippen LogP contribution in [0.25, 0.3) is 0 Å². The third-order valence-electron chi connectivity index (χ3n) is 2.09. The highest BCUT2D eigenvalue weighted by molar-refractivity contribution is 9.10. The molecule has 0 saturated heterocycles. The SMILES string of the molecule is Cc1cc(F)c(Br)c2c1NC(=O)C2=O. The highest BCUT2D eigenvalue weighted by Crippen LogP contribution is 2.34. The summed E-state index contributed by atoms with van der Waals surface area (Å²) in [6, 6.07) is 1.27. The highest BCUT2D eigenvalue weighted by atomic mass is 79.9. The monoisotopic (exact) mass is 257 g/mol. The van der Waals surface area contributed by atoms with Crippen molar-refractivity contribution >= 4 is 33.3 Å². The number of amides is 1. The predicted octanol–water partition coefficient (Wildman–Crippen LogP) is 2.03. The molecule has 1 aliphatic heterocycles. The summed E-state index contributed by atoms with van der Waals surface area (Å²) in [5.41, 5.74) is 1.03. The van der Waals surface area contributed by atoms with Gasteiger partial charge in [-0.2, -0.15) is 0 Å². The predicted molar refractivity (Wildman–Crippen MR) is 51.8 cm³/mol. The van der Waals surface area contributed by atoms with E-state index in [0.717, 1.165) is 0 Å². The van der Waals surface area contributed by atoms with E-state index < -0.39 is 17.5 Å². The third kappa shape index (κ3) is 1.09. The van der Waals surface area contributed by atoms with Gasteiger partial charge in [0, 0.05) is 0 Å². The summed E-state index contributed by atoms with van der Waals surface area (Å²) < 4.78 is 13.2. The Morgan fingerprint density at radius 1 is 1.43 bits per heavy atom. The molecule has 1 aliphatic rings. The molecule has 0 radical (unpaired) electrons. The quantitative estimate of drug-likeness (QED) is 0.723. The lowest BCUT2D eigenvalue weighted by Crippen LogP contribution is -2.12. The number of halogens is 2. The fourth-order valence-corrected chi connectivity index (χ4v) is 1.90. The van der Waals surface area contributed by atoms with Crippen molar-refractivity contribution in [3.8, 4) is 0 Å². The van der Waals surface area contributed by atoms with Crippen LogP contribution < -0.4 is 5.32 Å². The van der Waals surface area contributed by atoms with Gasteiger partial charge in [-0.15, -0.1) is 0 Å². The van der Waals surface area contributed by atoms with Crippen LogP contribution in [0.2, 0.25) is 0 Å². The molecule has 5 heteroatoms. The number of ketones is 1. The maximum absolute atomic E-state index is 13.2. The Morgan fingerprint density at radius 2 is 2.07 bits per heavy atom. The number of carbonyl (C=O) groups is 2. The molecule has 1 aromatic carbocycles. The van der Waals surface area contributed by atoms with Gasteiger partial charge >= 0.3 is 0 Å². The van der Waals surface area contributed by atoms with E-state index in [9.17, 15) is 14.0 Å². The van der Waals surface area contributed by atoms with Crippen molar-refractivity contribution in [3.05, 3.63) is 27.5 Å². The summed E-state index contributed by atoms with van der Waals surface area (Å²) >= 11 is 2.95. The molecule has 1 aromatic rings. The van der Waals surface area contributed by atoms with Gasteiger partial charge in [-0.05, 0) is 34.5 Å². The molecule has 0 atom stereocenters. The van der Waals surface area contributed by atoms with Crippen molar-refractivity contribution in [2.45, 2.75) is 6.92 Å². The maximum Gasteiger partial charge on any atom is 0.296 e. The van der Waals surface area contributed by atoms with E-state index in [4.69, 9.17) is 0 Å². The number of hydrogen-bond acceptors (Lipinski definition) is 2. The highest BCUT2D eigenvalue weighted by Gasteiger charge is 2.32. The zero-order valence-electron chi connectivity index (χ0n) is 7.15. The molecule has 14 heavy (non-hydrogen) atoms. The second-order valence-electron chi connectivity index (χ2n) is 3.02. The standard InChI is InChI=1S/C9H5BrFNO2/c1-3-2-4(11)6(10)5-7(3)12-9(14)8(5)13/h2H,1H3,(H,12,13,14). The number of anilines is 1. The minimum Gasteiger partial charge on any atom is -0.318 e. The fraction of sp³-hybridized carbons (Fsp3) is 0.111. The summed E-state index contributed by atoms with van der Waals surface area (Å²) in [5.74, 6) is -1.95. The third-order valence-corrected chi connectivity index (χ3v) is 2.86. The molecule has 0 fully saturated rings. The average Bonchev–Trinajstić information content (AvgIpc) is 2.41. The number of aryl methyl sites for hydroxylation is 1. The van der Waals surface area contributed by atoms with Gasteiger partial charge in [-0.25, -0.2) is 4.39 Å². The lowest BCUT2D eigenvalue weighted by Gasteiger charge is -2.04. The number of nitrogens with one attached hydrogen (secondary N) is 1. The van der Waals surface area contributed by atoms with Crippen molar-refractivity contribution in [3.63, 3.8) is 0 Å². The van der Waals surface area contributed by atoms with Gasteiger partial charge in [-0.1, -0.05) is 0 Å². The van der Waals surface area contributed by atoms with Crippen molar-refractivity contribution in [1.82, 2.24) is 0 Å². The van der Waals surface area contributed by atoms with E-state index in [1.807, 2.05) is 0 Å². The Bertz CT molecular complexity index is 470. The number of hydrogen-bond donors (Lipinski definition) is 1. The molecular weight excluding hydrogens is 253 g/mol. The summed E-state index contributed by atoms with van der Waals surface area (Å²) in [6.07, 6.45) is 0. The largest absolute Gasteiger partial charge is 0.318 e. The second-order valence-corrected chi connectivity index (χ2v) is 3.82. The molecule has 0 aliphatic carbocycles.